The summed E-state index contributed by atoms with van der Waals surface area (Å²) in [5, 5.41) is 0. The highest BCUT2D eigenvalue weighted by Gasteiger charge is 1.89. The van der Waals surface area contributed by atoms with E-state index in [2.05, 4.69) is 19.1 Å². The second-order valence-electron chi connectivity index (χ2n) is 2.06. The molecule has 0 fully saturated rings. The van der Waals surface area contributed by atoms with Crippen molar-refractivity contribution in [3.63, 3.8) is 0 Å². The zero-order chi connectivity index (χ0) is 7.40. The molecule has 0 bridgehead atoms. The quantitative estimate of drug-likeness (QED) is 0.638. The van der Waals surface area contributed by atoms with Crippen molar-refractivity contribution >= 4 is 12.0 Å². The van der Waals surface area contributed by atoms with E-state index in [1.807, 2.05) is 12.1 Å². The van der Waals surface area contributed by atoms with Gasteiger partial charge in [-0.2, -0.15) is 0 Å². The van der Waals surface area contributed by atoms with Crippen LogP contribution < -0.4 is 0 Å². The maximum atomic E-state index is 4.88. The molecule has 0 saturated carbocycles. The van der Waals surface area contributed by atoms with E-state index in [0.717, 1.165) is 4.90 Å². The van der Waals surface area contributed by atoms with Crippen LogP contribution in [0.3, 0.4) is 0 Å². The molecular weight excluding hydrogens is 160 g/mol. The van der Waals surface area contributed by atoms with Crippen LogP contribution in [0.25, 0.3) is 0 Å². The molecule has 0 spiro atoms. The lowest BCUT2D eigenvalue weighted by Gasteiger charge is -1.96. The zero-order valence-electron chi connectivity index (χ0n) is 6.63. The molecule has 0 aromatic heterocycles. The van der Waals surface area contributed by atoms with Gasteiger partial charge >= 0.3 is 0 Å². The number of hydrogen-bond acceptors (Lipinski definition) is 2. The van der Waals surface area contributed by atoms with Crippen LogP contribution in [0.2, 0.25) is 0 Å². The van der Waals surface area contributed by atoms with Crippen LogP contribution in [-0.2, 0) is 4.18 Å². The fourth-order valence-electron chi connectivity index (χ4n) is 0.690. The van der Waals surface area contributed by atoms with Crippen molar-refractivity contribution in [3.05, 3.63) is 29.8 Å². The van der Waals surface area contributed by atoms with Crippen molar-refractivity contribution in [2.75, 3.05) is 7.11 Å². The molecule has 0 heterocycles. The summed E-state index contributed by atoms with van der Waals surface area (Å²) in [6.45, 7) is 2.07. The van der Waals surface area contributed by atoms with E-state index < -0.39 is 0 Å². The minimum Gasteiger partial charge on any atom is -0.412 e. The van der Waals surface area contributed by atoms with Gasteiger partial charge < -0.3 is 9.66 Å². The highest BCUT2D eigenvalue weighted by molar-refractivity contribution is 7.94. The maximum Gasteiger partial charge on any atom is 0.0508 e. The van der Waals surface area contributed by atoms with Crippen LogP contribution in [-0.4, -0.2) is 12.6 Å². The average Bonchev–Trinajstić information content (AvgIpc) is 1.95. The van der Waals surface area contributed by atoms with Crippen molar-refractivity contribution in [1.29, 1.82) is 0 Å². The molecule has 2 nitrogen and oxygen atoms in total. The van der Waals surface area contributed by atoms with Gasteiger partial charge in [0.15, 0.2) is 0 Å². The van der Waals surface area contributed by atoms with E-state index in [9.17, 15) is 0 Å². The molecule has 0 atom stereocenters. The molecule has 1 aromatic rings. The lowest BCUT2D eigenvalue weighted by molar-refractivity contribution is 0.490. The molecule has 62 valence electrons. The van der Waals surface area contributed by atoms with E-state index >= 15 is 0 Å². The SMILES string of the molecule is COSc1ccc(C)cc1.O. The largest absolute Gasteiger partial charge is 0.412 e. The summed E-state index contributed by atoms with van der Waals surface area (Å²) in [5.74, 6) is 0. The predicted molar refractivity (Wildman–Crippen MR) is 47.7 cm³/mol. The van der Waals surface area contributed by atoms with Crippen molar-refractivity contribution in [2.24, 2.45) is 0 Å². The summed E-state index contributed by atoms with van der Waals surface area (Å²) in [6, 6.07) is 8.23. The van der Waals surface area contributed by atoms with Gasteiger partial charge in [0.25, 0.3) is 0 Å². The van der Waals surface area contributed by atoms with Gasteiger partial charge in [-0.25, -0.2) is 0 Å². The number of benzene rings is 1. The van der Waals surface area contributed by atoms with E-state index in [1.54, 1.807) is 7.11 Å². The fraction of sp³-hybridized carbons (Fsp3) is 0.250. The first-order chi connectivity index (χ1) is 4.83. The Morgan fingerprint density at radius 1 is 1.18 bits per heavy atom. The van der Waals surface area contributed by atoms with Gasteiger partial charge in [-0.05, 0) is 19.1 Å². The van der Waals surface area contributed by atoms with Crippen LogP contribution >= 0.6 is 12.0 Å². The van der Waals surface area contributed by atoms with Crippen molar-refractivity contribution in [1.82, 2.24) is 0 Å². The first-order valence-electron chi connectivity index (χ1n) is 3.10. The lowest BCUT2D eigenvalue weighted by Crippen LogP contribution is -1.73. The van der Waals surface area contributed by atoms with Crippen molar-refractivity contribution in [2.45, 2.75) is 11.8 Å². The highest BCUT2D eigenvalue weighted by Crippen LogP contribution is 2.17. The molecule has 0 aliphatic heterocycles. The molecule has 11 heavy (non-hydrogen) atoms. The molecule has 0 amide bonds. The van der Waals surface area contributed by atoms with Crippen molar-refractivity contribution in [3.8, 4) is 0 Å². The maximum absolute atomic E-state index is 4.88. The average molecular weight is 172 g/mol. The number of rotatable bonds is 2. The monoisotopic (exact) mass is 172 g/mol. The third-order valence-corrected chi connectivity index (χ3v) is 1.83. The Kier molecular flexibility index (Phi) is 4.94. The molecule has 0 aliphatic carbocycles. The minimum absolute atomic E-state index is 0. The molecule has 1 rings (SSSR count). The summed E-state index contributed by atoms with van der Waals surface area (Å²) in [5.41, 5.74) is 1.28. The second-order valence-corrected chi connectivity index (χ2v) is 3.03. The molecule has 0 saturated heterocycles. The summed E-state index contributed by atoms with van der Waals surface area (Å²) >= 11 is 1.38. The first kappa shape index (κ1) is 10.5. The standard InChI is InChI=1S/C8H10OS.H2O/c1-7-3-5-8(6-4-7)10-9-2;/h3-6H,1-2H3;1H2. The van der Waals surface area contributed by atoms with Crippen LogP contribution in [0.5, 0.6) is 0 Å². The Balaban J connectivity index is 0.000001000. The van der Waals surface area contributed by atoms with Crippen molar-refractivity contribution < 1.29 is 9.66 Å². The summed E-state index contributed by atoms with van der Waals surface area (Å²) < 4.78 is 4.88. The minimum atomic E-state index is 0. The van der Waals surface area contributed by atoms with Gasteiger partial charge in [-0.1, -0.05) is 17.7 Å². The molecule has 3 heteroatoms. The first-order valence-corrected chi connectivity index (χ1v) is 3.84. The highest BCUT2D eigenvalue weighted by atomic mass is 32.2. The van der Waals surface area contributed by atoms with Gasteiger partial charge in [0, 0.05) is 16.9 Å². The van der Waals surface area contributed by atoms with Crippen LogP contribution in [0.15, 0.2) is 29.2 Å². The van der Waals surface area contributed by atoms with Gasteiger partial charge in [0.2, 0.25) is 0 Å². The fourth-order valence-corrected chi connectivity index (χ4v) is 1.13. The van der Waals surface area contributed by atoms with Crippen LogP contribution in [0, 0.1) is 6.92 Å². The third-order valence-electron chi connectivity index (χ3n) is 1.20. The van der Waals surface area contributed by atoms with Gasteiger partial charge in [-0.15, -0.1) is 0 Å². The normalized spacial score (nSPS) is 8.91. The van der Waals surface area contributed by atoms with Gasteiger partial charge in [0.1, 0.15) is 0 Å². The molecular formula is C8H12O2S. The number of aryl methyl sites for hydroxylation is 1. The Labute approximate surface area is 71.1 Å². The summed E-state index contributed by atoms with van der Waals surface area (Å²) in [6.07, 6.45) is 0. The van der Waals surface area contributed by atoms with E-state index in [-0.39, 0.29) is 5.48 Å². The van der Waals surface area contributed by atoms with E-state index in [0.29, 0.717) is 0 Å². The summed E-state index contributed by atoms with van der Waals surface area (Å²) in [4.78, 5) is 1.15. The topological polar surface area (TPSA) is 40.7 Å². The van der Waals surface area contributed by atoms with Gasteiger partial charge in [0.05, 0.1) is 7.11 Å². The Morgan fingerprint density at radius 2 is 1.73 bits per heavy atom. The van der Waals surface area contributed by atoms with Crippen LogP contribution in [0.1, 0.15) is 5.56 Å². The Hall–Kier alpha value is -0.510. The zero-order valence-corrected chi connectivity index (χ0v) is 7.44. The molecule has 0 aliphatic rings. The molecule has 0 unspecified atom stereocenters. The summed E-state index contributed by atoms with van der Waals surface area (Å²) in [7, 11) is 1.67. The number of hydrogen-bond donors (Lipinski definition) is 0. The Bertz CT molecular complexity index is 196. The predicted octanol–water partition coefficient (Wildman–Crippen LogP) is 1.82. The molecule has 2 N–H and O–H groups in total. The van der Waals surface area contributed by atoms with E-state index in [4.69, 9.17) is 4.18 Å². The second kappa shape index (κ2) is 5.18. The van der Waals surface area contributed by atoms with Gasteiger partial charge in [-0.3, -0.25) is 0 Å². The lowest BCUT2D eigenvalue weighted by atomic mass is 10.2. The van der Waals surface area contributed by atoms with Crippen LogP contribution in [0.4, 0.5) is 0 Å². The molecule has 1 aromatic carbocycles. The smallest absolute Gasteiger partial charge is 0.0508 e. The van der Waals surface area contributed by atoms with E-state index in [1.165, 1.54) is 17.6 Å². The third kappa shape index (κ3) is 3.41. The Morgan fingerprint density at radius 3 is 2.18 bits per heavy atom. The molecule has 0 radical (unpaired) electrons.